The minimum Gasteiger partial charge on any atom is -0.480 e. The number of hydrogen-bond acceptors (Lipinski definition) is 3. The number of rotatable bonds is 2. The van der Waals surface area contributed by atoms with Gasteiger partial charge in [0, 0.05) is 13.1 Å². The van der Waals surface area contributed by atoms with Crippen molar-refractivity contribution in [2.45, 2.75) is 32.1 Å². The van der Waals surface area contributed by atoms with Crippen LogP contribution in [0.1, 0.15) is 6.42 Å². The number of carboxylic acid groups (broad SMARTS) is 1. The number of hydrogen-bond donors (Lipinski definition) is 2. The summed E-state index contributed by atoms with van der Waals surface area (Å²) >= 11 is 0. The first-order chi connectivity index (χ1) is 9.35. The Balaban J connectivity index is 0.000000246. The molecule has 0 radical (unpaired) electrons. The predicted octanol–water partition coefficient (Wildman–Crippen LogP) is 1.31. The zero-order valence-corrected chi connectivity index (χ0v) is 13.2. The fourth-order valence-electron chi connectivity index (χ4n) is 1.87. The Bertz CT molecular complexity index is 461. The van der Waals surface area contributed by atoms with Crippen molar-refractivity contribution in [2.75, 3.05) is 13.1 Å². The molecule has 2 N–H and O–H groups in total. The van der Waals surface area contributed by atoms with Gasteiger partial charge in [0.15, 0.2) is 8.07 Å². The number of allylic oxidation sites excluding steroid dienone is 2. The highest BCUT2D eigenvalue weighted by atomic mass is 28.3. The predicted molar refractivity (Wildman–Crippen MR) is 81.0 cm³/mol. The number of nitrogens with one attached hydrogen (secondary N) is 1. The largest absolute Gasteiger partial charge is 0.480 e. The summed E-state index contributed by atoms with van der Waals surface area (Å²) in [5, 5.41) is 12.0. The SMILES string of the molecule is C[Si](C)(C)C=[N+]=[N-].O=C(O)C1CNC2=CC=CCCN21. The summed E-state index contributed by atoms with van der Waals surface area (Å²) < 4.78 is 0. The van der Waals surface area contributed by atoms with E-state index in [1.807, 2.05) is 23.1 Å². The first-order valence-corrected chi connectivity index (χ1v) is 10.2. The van der Waals surface area contributed by atoms with Crippen molar-refractivity contribution in [1.82, 2.24) is 10.2 Å². The lowest BCUT2D eigenvalue weighted by atomic mass is 10.2. The van der Waals surface area contributed by atoms with Gasteiger partial charge < -0.3 is 20.9 Å². The molecule has 0 saturated carbocycles. The fraction of sp³-hybridized carbons (Fsp3) is 0.538. The van der Waals surface area contributed by atoms with E-state index >= 15 is 0 Å². The molecule has 0 spiro atoms. The zero-order valence-electron chi connectivity index (χ0n) is 12.2. The average molecular weight is 294 g/mol. The summed E-state index contributed by atoms with van der Waals surface area (Å²) in [5.41, 5.74) is 8.01. The Morgan fingerprint density at radius 2 is 2.30 bits per heavy atom. The molecule has 2 aliphatic heterocycles. The van der Waals surface area contributed by atoms with Crippen molar-refractivity contribution in [3.8, 4) is 0 Å². The van der Waals surface area contributed by atoms with Crippen molar-refractivity contribution in [1.29, 1.82) is 0 Å². The molecular weight excluding hydrogens is 272 g/mol. The summed E-state index contributed by atoms with van der Waals surface area (Å²) in [6.45, 7) is 7.60. The summed E-state index contributed by atoms with van der Waals surface area (Å²) in [4.78, 5) is 15.7. The van der Waals surface area contributed by atoms with Crippen molar-refractivity contribution in [3.63, 3.8) is 0 Å². The quantitative estimate of drug-likeness (QED) is 0.348. The van der Waals surface area contributed by atoms with Gasteiger partial charge in [-0.2, -0.15) is 4.79 Å². The highest BCUT2D eigenvalue weighted by Crippen LogP contribution is 2.17. The molecule has 0 aromatic rings. The molecule has 1 saturated heterocycles. The van der Waals surface area contributed by atoms with Crippen LogP contribution in [-0.4, -0.2) is 53.8 Å². The lowest BCUT2D eigenvalue weighted by Gasteiger charge is -2.21. The maximum Gasteiger partial charge on any atom is 0.328 e. The summed E-state index contributed by atoms with van der Waals surface area (Å²) in [6, 6.07) is -0.397. The maximum absolute atomic E-state index is 10.8. The normalized spacial score (nSPS) is 20.4. The van der Waals surface area contributed by atoms with Crippen LogP contribution in [0.5, 0.6) is 0 Å². The molecule has 0 aromatic carbocycles. The van der Waals surface area contributed by atoms with Gasteiger partial charge in [0.2, 0.25) is 5.84 Å². The molecule has 20 heavy (non-hydrogen) atoms. The molecule has 0 bridgehead atoms. The number of aliphatic carboxylic acids is 1. The van der Waals surface area contributed by atoms with Crippen molar-refractivity contribution in [3.05, 3.63) is 29.6 Å². The lowest BCUT2D eigenvalue weighted by Crippen LogP contribution is -2.37. The molecule has 2 heterocycles. The third-order valence-electron chi connectivity index (χ3n) is 2.82. The molecule has 1 atom stereocenters. The van der Waals surface area contributed by atoms with Crippen molar-refractivity contribution < 1.29 is 14.7 Å². The van der Waals surface area contributed by atoms with E-state index in [0.29, 0.717) is 6.54 Å². The highest BCUT2D eigenvalue weighted by molar-refractivity contribution is 6.98. The van der Waals surface area contributed by atoms with E-state index < -0.39 is 20.1 Å². The Morgan fingerprint density at radius 1 is 1.60 bits per heavy atom. The van der Waals surface area contributed by atoms with Gasteiger partial charge in [0.1, 0.15) is 11.9 Å². The molecule has 0 aromatic heterocycles. The van der Waals surface area contributed by atoms with Gasteiger partial charge >= 0.3 is 5.97 Å². The van der Waals surface area contributed by atoms with Gasteiger partial charge in [-0.15, -0.1) is 0 Å². The van der Waals surface area contributed by atoms with Crippen LogP contribution in [0.3, 0.4) is 0 Å². The van der Waals surface area contributed by atoms with E-state index in [9.17, 15) is 4.79 Å². The third kappa shape index (κ3) is 5.03. The second-order valence-corrected chi connectivity index (χ2v) is 10.8. The van der Waals surface area contributed by atoms with Crippen LogP contribution in [0.15, 0.2) is 24.0 Å². The molecule has 6 nitrogen and oxygen atoms in total. The van der Waals surface area contributed by atoms with Crippen LogP contribution in [0.25, 0.3) is 5.53 Å². The average Bonchev–Trinajstić information content (AvgIpc) is 2.58. The number of fused-ring (bicyclic) bond motifs is 1. The molecular formula is C13H22N4O2Si. The van der Waals surface area contributed by atoms with Crippen molar-refractivity contribution >= 4 is 19.9 Å². The summed E-state index contributed by atoms with van der Waals surface area (Å²) in [5.74, 6) is 1.81. The monoisotopic (exact) mass is 294 g/mol. The third-order valence-corrected chi connectivity index (χ3v) is 3.71. The number of carboxylic acids is 1. The summed E-state index contributed by atoms with van der Waals surface area (Å²) in [7, 11) is -1.20. The van der Waals surface area contributed by atoms with Crippen molar-refractivity contribution in [2.24, 2.45) is 0 Å². The van der Waals surface area contributed by atoms with Crippen LogP contribution in [-0.2, 0) is 4.79 Å². The van der Waals surface area contributed by atoms with Gasteiger partial charge in [-0.25, -0.2) is 4.79 Å². The molecule has 0 aliphatic carbocycles. The Labute approximate surface area is 120 Å². The van der Waals surface area contributed by atoms with Crippen LogP contribution in [0.4, 0.5) is 0 Å². The standard InChI is InChI=1S/C9H12N2O2.C4H10N2Si/c12-9(13)7-6-10-8-4-2-1-3-5-11(7)8;1-7(2,3)4-6-5/h1-2,4,7,10H,3,5-6H2,(H,12,13);4H,1-3H3. The fourth-order valence-corrected chi connectivity index (χ4v) is 2.22. The number of nitrogens with zero attached hydrogens (tertiary/aromatic N) is 3. The van der Waals surface area contributed by atoms with E-state index in [1.54, 1.807) is 5.84 Å². The first kappa shape index (κ1) is 16.2. The lowest BCUT2D eigenvalue weighted by molar-refractivity contribution is -0.141. The minimum atomic E-state index is -1.20. The maximum atomic E-state index is 10.8. The molecule has 1 fully saturated rings. The Hall–Kier alpha value is -1.85. The van der Waals surface area contributed by atoms with Crippen LogP contribution < -0.4 is 5.32 Å². The topological polar surface area (TPSA) is 89.0 Å². The Morgan fingerprint density at radius 3 is 2.80 bits per heavy atom. The molecule has 2 rings (SSSR count). The van der Waals surface area contributed by atoms with Gasteiger partial charge in [-0.3, -0.25) is 0 Å². The zero-order chi connectivity index (χ0) is 15.2. The highest BCUT2D eigenvalue weighted by Gasteiger charge is 2.32. The molecule has 2 aliphatic rings. The molecule has 7 heteroatoms. The Kier molecular flexibility index (Phi) is 5.73. The molecule has 0 amide bonds. The molecule has 110 valence electrons. The van der Waals surface area contributed by atoms with E-state index in [1.165, 1.54) is 0 Å². The van der Waals surface area contributed by atoms with Crippen LogP contribution in [0.2, 0.25) is 19.6 Å². The van der Waals surface area contributed by atoms with E-state index in [4.69, 9.17) is 10.6 Å². The minimum absolute atomic E-state index is 0.397. The van der Waals surface area contributed by atoms with Gasteiger partial charge in [0.05, 0.1) is 0 Å². The van der Waals surface area contributed by atoms with Crippen LogP contribution >= 0.6 is 0 Å². The van der Waals surface area contributed by atoms with Gasteiger partial charge in [-0.05, 0) is 12.5 Å². The van der Waals surface area contributed by atoms with Crippen LogP contribution in [0, 0.1) is 0 Å². The molecule has 1 unspecified atom stereocenters. The smallest absolute Gasteiger partial charge is 0.328 e. The van der Waals surface area contributed by atoms with Gasteiger partial charge in [-0.1, -0.05) is 31.8 Å². The second-order valence-electron chi connectivity index (χ2n) is 5.81. The van der Waals surface area contributed by atoms with E-state index in [-0.39, 0.29) is 0 Å². The second kappa shape index (κ2) is 7.07. The summed E-state index contributed by atoms with van der Waals surface area (Å²) in [6.07, 6.45) is 6.85. The van der Waals surface area contributed by atoms with E-state index in [0.717, 1.165) is 18.8 Å². The van der Waals surface area contributed by atoms with Gasteiger partial charge in [0.25, 0.3) is 0 Å². The first-order valence-electron chi connectivity index (χ1n) is 6.64. The number of carbonyl (C=O) groups is 1. The van der Waals surface area contributed by atoms with E-state index in [2.05, 4.69) is 29.7 Å².